The second-order valence-corrected chi connectivity index (χ2v) is 5.46. The number of hydrogen-bond acceptors (Lipinski definition) is 6. The highest BCUT2D eigenvalue weighted by Crippen LogP contribution is 2.20. The summed E-state index contributed by atoms with van der Waals surface area (Å²) >= 11 is 0. The number of cyclic esters (lactones) is 1. The first-order valence-electron chi connectivity index (χ1n) is 7.88. The number of carbonyl (C=O) groups is 1. The molecule has 0 saturated heterocycles. The molecule has 2 heterocycles. The fourth-order valence-corrected chi connectivity index (χ4v) is 2.43. The van der Waals surface area contributed by atoms with Crippen LogP contribution in [0.2, 0.25) is 0 Å². The van der Waals surface area contributed by atoms with Gasteiger partial charge in [0, 0.05) is 11.6 Å². The maximum absolute atomic E-state index is 12.1. The number of aliphatic imine (C=N–C) groups is 1. The van der Waals surface area contributed by atoms with E-state index in [0.29, 0.717) is 17.0 Å². The number of hydrogen-bond donors (Lipinski definition) is 0. The van der Waals surface area contributed by atoms with Crippen LogP contribution in [0, 0.1) is 0 Å². The van der Waals surface area contributed by atoms with Gasteiger partial charge in [0.15, 0.2) is 5.70 Å². The summed E-state index contributed by atoms with van der Waals surface area (Å²) in [6.07, 6.45) is 3.11. The van der Waals surface area contributed by atoms with Crippen LogP contribution in [0.3, 0.4) is 0 Å². The number of aromatic nitrogens is 3. The van der Waals surface area contributed by atoms with E-state index in [9.17, 15) is 4.79 Å². The molecule has 0 aliphatic carbocycles. The van der Waals surface area contributed by atoms with Crippen molar-refractivity contribution >= 4 is 17.9 Å². The molecule has 0 saturated carbocycles. The minimum absolute atomic E-state index is 0.177. The molecule has 128 valence electrons. The van der Waals surface area contributed by atoms with E-state index in [0.717, 1.165) is 5.69 Å². The van der Waals surface area contributed by atoms with Crippen LogP contribution in [0.4, 0.5) is 0 Å². The van der Waals surface area contributed by atoms with Crippen LogP contribution in [0.1, 0.15) is 11.3 Å². The predicted octanol–water partition coefficient (Wildman–Crippen LogP) is 2.62. The van der Waals surface area contributed by atoms with E-state index in [1.165, 1.54) is 4.80 Å². The van der Waals surface area contributed by atoms with Crippen molar-refractivity contribution in [2.75, 3.05) is 7.11 Å². The molecule has 0 unspecified atom stereocenters. The number of nitrogens with zero attached hydrogens (tertiary/aromatic N) is 4. The lowest BCUT2D eigenvalue weighted by molar-refractivity contribution is -0.129. The Bertz CT molecular complexity index is 1000. The van der Waals surface area contributed by atoms with Crippen LogP contribution >= 0.6 is 0 Å². The summed E-state index contributed by atoms with van der Waals surface area (Å²) in [4.78, 5) is 17.8. The standard InChI is InChI=1S/C19H14N4O3/c1-25-16-9-7-13(8-10-16)18-21-17(19(24)26-18)11-14-12-20-23(22-14)15-5-3-2-4-6-15/h2-12H,1H3/b17-11+. The van der Waals surface area contributed by atoms with Gasteiger partial charge in [-0.05, 0) is 36.4 Å². The lowest BCUT2D eigenvalue weighted by Crippen LogP contribution is -2.05. The van der Waals surface area contributed by atoms with E-state index in [1.54, 1.807) is 43.6 Å². The van der Waals surface area contributed by atoms with Gasteiger partial charge in [-0.1, -0.05) is 18.2 Å². The van der Waals surface area contributed by atoms with Gasteiger partial charge in [-0.25, -0.2) is 9.79 Å². The van der Waals surface area contributed by atoms with E-state index in [1.807, 2.05) is 30.3 Å². The van der Waals surface area contributed by atoms with Gasteiger partial charge in [0.1, 0.15) is 11.4 Å². The summed E-state index contributed by atoms with van der Waals surface area (Å²) in [5, 5.41) is 8.53. The quantitative estimate of drug-likeness (QED) is 0.536. The summed E-state index contributed by atoms with van der Waals surface area (Å²) in [5.41, 5.74) is 2.21. The number of esters is 1. The number of methoxy groups -OCH3 is 1. The molecule has 1 aliphatic heterocycles. The molecule has 1 aromatic heterocycles. The molecule has 0 N–H and O–H groups in total. The van der Waals surface area contributed by atoms with Crippen LogP contribution in [0.25, 0.3) is 11.8 Å². The molecule has 26 heavy (non-hydrogen) atoms. The van der Waals surface area contributed by atoms with Crippen LogP contribution in [-0.2, 0) is 9.53 Å². The first-order chi connectivity index (χ1) is 12.7. The topological polar surface area (TPSA) is 78.6 Å². The number of benzene rings is 2. The first-order valence-corrected chi connectivity index (χ1v) is 7.88. The van der Waals surface area contributed by atoms with Gasteiger partial charge in [0.2, 0.25) is 5.90 Å². The van der Waals surface area contributed by atoms with Crippen LogP contribution in [0.5, 0.6) is 5.75 Å². The average Bonchev–Trinajstić information content (AvgIpc) is 3.30. The molecule has 0 bridgehead atoms. The Morgan fingerprint density at radius 3 is 2.58 bits per heavy atom. The molecule has 0 fully saturated rings. The summed E-state index contributed by atoms with van der Waals surface area (Å²) in [5.74, 6) is 0.441. The van der Waals surface area contributed by atoms with Crippen molar-refractivity contribution in [3.05, 3.63) is 77.7 Å². The number of para-hydroxylation sites is 1. The van der Waals surface area contributed by atoms with Crippen LogP contribution < -0.4 is 4.74 Å². The molecule has 4 rings (SSSR count). The lowest BCUT2D eigenvalue weighted by Gasteiger charge is -2.01. The SMILES string of the molecule is COc1ccc(C2=N/C(=C/c3cnn(-c4ccccc4)n3)C(=O)O2)cc1. The van der Waals surface area contributed by atoms with Crippen molar-refractivity contribution in [2.45, 2.75) is 0 Å². The zero-order chi connectivity index (χ0) is 17.9. The Morgan fingerprint density at radius 2 is 1.85 bits per heavy atom. The monoisotopic (exact) mass is 346 g/mol. The number of rotatable bonds is 4. The van der Waals surface area contributed by atoms with Crippen LogP contribution in [0.15, 0.2) is 71.5 Å². The second kappa shape index (κ2) is 6.64. The zero-order valence-corrected chi connectivity index (χ0v) is 13.9. The third-order valence-electron chi connectivity index (χ3n) is 3.74. The summed E-state index contributed by atoms with van der Waals surface area (Å²) < 4.78 is 10.4. The molecule has 0 amide bonds. The molecule has 0 spiro atoms. The molecule has 3 aromatic rings. The van der Waals surface area contributed by atoms with Gasteiger partial charge < -0.3 is 9.47 Å². The fraction of sp³-hybridized carbons (Fsp3) is 0.0526. The zero-order valence-electron chi connectivity index (χ0n) is 13.9. The van der Waals surface area contributed by atoms with Crippen molar-refractivity contribution < 1.29 is 14.3 Å². The second-order valence-electron chi connectivity index (χ2n) is 5.46. The maximum Gasteiger partial charge on any atom is 0.363 e. The number of ether oxygens (including phenoxy) is 2. The Hall–Kier alpha value is -3.74. The van der Waals surface area contributed by atoms with E-state index < -0.39 is 5.97 Å². The predicted molar refractivity (Wildman–Crippen MR) is 95.0 cm³/mol. The Balaban J connectivity index is 1.60. The molecule has 7 nitrogen and oxygen atoms in total. The summed E-state index contributed by atoms with van der Waals surface area (Å²) in [6, 6.07) is 16.6. The van der Waals surface area contributed by atoms with Gasteiger partial charge in [0.25, 0.3) is 0 Å². The third kappa shape index (κ3) is 3.10. The number of carbonyl (C=O) groups excluding carboxylic acids is 1. The van der Waals surface area contributed by atoms with Crippen molar-refractivity contribution in [3.63, 3.8) is 0 Å². The van der Waals surface area contributed by atoms with Crippen molar-refractivity contribution in [3.8, 4) is 11.4 Å². The van der Waals surface area contributed by atoms with Crippen molar-refractivity contribution in [2.24, 2.45) is 4.99 Å². The average molecular weight is 346 g/mol. The molecule has 0 radical (unpaired) electrons. The van der Waals surface area contributed by atoms with Gasteiger partial charge in [-0.3, -0.25) is 0 Å². The highest BCUT2D eigenvalue weighted by atomic mass is 16.6. The molecular weight excluding hydrogens is 332 g/mol. The summed E-state index contributed by atoms with van der Waals surface area (Å²) in [7, 11) is 1.59. The highest BCUT2D eigenvalue weighted by molar-refractivity contribution is 6.12. The Labute approximate surface area is 149 Å². The van der Waals surface area contributed by atoms with Gasteiger partial charge in [-0.2, -0.15) is 9.90 Å². The first kappa shape index (κ1) is 15.8. The van der Waals surface area contributed by atoms with Crippen molar-refractivity contribution in [1.82, 2.24) is 15.0 Å². The van der Waals surface area contributed by atoms with Crippen LogP contribution in [-0.4, -0.2) is 34.0 Å². The third-order valence-corrected chi connectivity index (χ3v) is 3.74. The fourth-order valence-electron chi connectivity index (χ4n) is 2.43. The van der Waals surface area contributed by atoms with Gasteiger partial charge in [0.05, 0.1) is 19.0 Å². The van der Waals surface area contributed by atoms with Crippen molar-refractivity contribution in [1.29, 1.82) is 0 Å². The molecule has 7 heteroatoms. The lowest BCUT2D eigenvalue weighted by atomic mass is 10.2. The van der Waals surface area contributed by atoms with Gasteiger partial charge >= 0.3 is 5.97 Å². The maximum atomic E-state index is 12.1. The van der Waals surface area contributed by atoms with E-state index in [2.05, 4.69) is 15.2 Å². The van der Waals surface area contributed by atoms with Gasteiger partial charge in [-0.15, -0.1) is 5.10 Å². The molecule has 2 aromatic carbocycles. The van der Waals surface area contributed by atoms with E-state index >= 15 is 0 Å². The Morgan fingerprint density at radius 1 is 1.08 bits per heavy atom. The minimum Gasteiger partial charge on any atom is -0.497 e. The van der Waals surface area contributed by atoms with E-state index in [4.69, 9.17) is 9.47 Å². The minimum atomic E-state index is -0.523. The summed E-state index contributed by atoms with van der Waals surface area (Å²) in [6.45, 7) is 0. The van der Waals surface area contributed by atoms with E-state index in [-0.39, 0.29) is 11.6 Å². The molecular formula is C19H14N4O3. The largest absolute Gasteiger partial charge is 0.497 e. The Kier molecular flexibility index (Phi) is 4.03. The highest BCUT2D eigenvalue weighted by Gasteiger charge is 2.24. The normalized spacial score (nSPS) is 15.0. The smallest absolute Gasteiger partial charge is 0.363 e. The molecule has 1 aliphatic rings. The molecule has 0 atom stereocenters.